The Bertz CT molecular complexity index is 339. The van der Waals surface area contributed by atoms with Gasteiger partial charge in [0.2, 0.25) is 0 Å². The summed E-state index contributed by atoms with van der Waals surface area (Å²) in [6.45, 7) is 9.84. The molecule has 0 aliphatic carbocycles. The minimum absolute atomic E-state index is 0.687. The number of hydrogen-bond acceptors (Lipinski definition) is 2. The molecule has 0 saturated carbocycles. The van der Waals surface area contributed by atoms with E-state index in [4.69, 9.17) is 4.98 Å². The van der Waals surface area contributed by atoms with Crippen molar-refractivity contribution in [1.29, 1.82) is 0 Å². The first-order valence-electron chi connectivity index (χ1n) is 6.00. The molecule has 84 valence electrons. The first-order valence-corrected chi connectivity index (χ1v) is 6.00. The van der Waals surface area contributed by atoms with E-state index in [2.05, 4.69) is 30.7 Å². The molecular weight excluding hydrogens is 186 g/mol. The van der Waals surface area contributed by atoms with Gasteiger partial charge in [0, 0.05) is 38.2 Å². The lowest BCUT2D eigenvalue weighted by molar-refractivity contribution is 0.564. The Balaban J connectivity index is 2.33. The van der Waals surface area contributed by atoms with Crippen molar-refractivity contribution >= 4 is 0 Å². The summed E-state index contributed by atoms with van der Waals surface area (Å²) >= 11 is 0. The minimum Gasteiger partial charge on any atom is -0.332 e. The molecule has 1 aromatic rings. The van der Waals surface area contributed by atoms with Gasteiger partial charge in [-0.3, -0.25) is 0 Å². The maximum absolute atomic E-state index is 4.76. The van der Waals surface area contributed by atoms with Gasteiger partial charge in [0.15, 0.2) is 0 Å². The van der Waals surface area contributed by atoms with E-state index in [1.165, 1.54) is 17.2 Å². The van der Waals surface area contributed by atoms with E-state index in [-0.39, 0.29) is 0 Å². The number of rotatable bonds is 3. The molecule has 0 amide bonds. The molecule has 0 fully saturated rings. The van der Waals surface area contributed by atoms with Crippen LogP contribution in [0.2, 0.25) is 0 Å². The number of aromatic nitrogens is 2. The Hall–Kier alpha value is -0.830. The molecule has 15 heavy (non-hydrogen) atoms. The molecule has 2 heterocycles. The van der Waals surface area contributed by atoms with Crippen molar-refractivity contribution < 1.29 is 0 Å². The van der Waals surface area contributed by atoms with E-state index < -0.39 is 0 Å². The Morgan fingerprint density at radius 1 is 1.47 bits per heavy atom. The second-order valence-electron chi connectivity index (χ2n) is 4.69. The molecule has 1 aliphatic rings. The third kappa shape index (κ3) is 2.07. The van der Waals surface area contributed by atoms with Gasteiger partial charge in [-0.25, -0.2) is 4.98 Å². The molecule has 3 heteroatoms. The van der Waals surface area contributed by atoms with Crippen molar-refractivity contribution in [2.45, 2.75) is 46.7 Å². The zero-order valence-electron chi connectivity index (χ0n) is 10.0. The Kier molecular flexibility index (Phi) is 3.10. The first kappa shape index (κ1) is 10.7. The van der Waals surface area contributed by atoms with Crippen molar-refractivity contribution in [2.75, 3.05) is 6.54 Å². The number of imidazole rings is 1. The van der Waals surface area contributed by atoms with Gasteiger partial charge in [-0.15, -0.1) is 0 Å². The Morgan fingerprint density at radius 2 is 2.27 bits per heavy atom. The van der Waals surface area contributed by atoms with Crippen molar-refractivity contribution in [1.82, 2.24) is 14.9 Å². The second-order valence-corrected chi connectivity index (χ2v) is 4.69. The Morgan fingerprint density at radius 3 is 2.93 bits per heavy atom. The highest BCUT2D eigenvalue weighted by molar-refractivity contribution is 5.20. The summed E-state index contributed by atoms with van der Waals surface area (Å²) < 4.78 is 2.41. The third-order valence-electron chi connectivity index (χ3n) is 2.97. The average molecular weight is 207 g/mol. The fourth-order valence-electron chi connectivity index (χ4n) is 2.32. The maximum atomic E-state index is 4.76. The van der Waals surface area contributed by atoms with Crippen LogP contribution in [0.15, 0.2) is 0 Å². The molecule has 3 nitrogen and oxygen atoms in total. The lowest BCUT2D eigenvalue weighted by atomic mass is 10.1. The number of nitrogens with one attached hydrogen (secondary N) is 1. The fraction of sp³-hybridized carbons (Fsp3) is 0.750. The van der Waals surface area contributed by atoms with Crippen LogP contribution in [-0.4, -0.2) is 16.1 Å². The number of hydrogen-bond donors (Lipinski definition) is 1. The van der Waals surface area contributed by atoms with Crippen molar-refractivity contribution in [3.8, 4) is 0 Å². The van der Waals surface area contributed by atoms with Crippen LogP contribution in [0.4, 0.5) is 0 Å². The molecule has 0 atom stereocenters. The molecule has 0 unspecified atom stereocenters. The monoisotopic (exact) mass is 207 g/mol. The standard InChI is InChI=1S/C12H21N3/c1-4-15-11-5-6-13-8-10(11)14-12(15)7-9(2)3/h9,13H,4-8H2,1-3H3. The van der Waals surface area contributed by atoms with Gasteiger partial charge < -0.3 is 9.88 Å². The summed E-state index contributed by atoms with van der Waals surface area (Å²) in [5.41, 5.74) is 2.74. The van der Waals surface area contributed by atoms with Crippen molar-refractivity contribution in [2.24, 2.45) is 5.92 Å². The van der Waals surface area contributed by atoms with Gasteiger partial charge in [0.05, 0.1) is 5.69 Å². The van der Waals surface area contributed by atoms with Gasteiger partial charge >= 0.3 is 0 Å². The molecule has 1 N–H and O–H groups in total. The smallest absolute Gasteiger partial charge is 0.109 e. The van der Waals surface area contributed by atoms with E-state index in [0.29, 0.717) is 5.92 Å². The molecule has 2 rings (SSSR count). The van der Waals surface area contributed by atoms with E-state index in [0.717, 1.165) is 32.5 Å². The van der Waals surface area contributed by atoms with Crippen LogP contribution >= 0.6 is 0 Å². The van der Waals surface area contributed by atoms with Gasteiger partial charge in [-0.1, -0.05) is 13.8 Å². The van der Waals surface area contributed by atoms with Crippen LogP contribution in [-0.2, 0) is 25.9 Å². The highest BCUT2D eigenvalue weighted by Crippen LogP contribution is 2.18. The number of nitrogens with zero attached hydrogens (tertiary/aromatic N) is 2. The lowest BCUT2D eigenvalue weighted by Crippen LogP contribution is -2.25. The maximum Gasteiger partial charge on any atom is 0.109 e. The molecule has 0 saturated heterocycles. The average Bonchev–Trinajstić information content (AvgIpc) is 2.53. The SMILES string of the molecule is CCn1c(CC(C)C)nc2c1CCNC2. The van der Waals surface area contributed by atoms with Crippen LogP contribution in [0.3, 0.4) is 0 Å². The normalized spacial score (nSPS) is 15.7. The first-order chi connectivity index (χ1) is 7.22. The summed E-state index contributed by atoms with van der Waals surface area (Å²) in [4.78, 5) is 4.76. The molecule has 0 spiro atoms. The van der Waals surface area contributed by atoms with E-state index >= 15 is 0 Å². The lowest BCUT2D eigenvalue weighted by Gasteiger charge is -2.15. The predicted molar refractivity (Wildman–Crippen MR) is 61.9 cm³/mol. The zero-order chi connectivity index (χ0) is 10.8. The van der Waals surface area contributed by atoms with Crippen LogP contribution in [0, 0.1) is 5.92 Å². The molecular formula is C12H21N3. The third-order valence-corrected chi connectivity index (χ3v) is 2.97. The Labute approximate surface area is 91.9 Å². The van der Waals surface area contributed by atoms with Crippen LogP contribution in [0.5, 0.6) is 0 Å². The fourth-order valence-corrected chi connectivity index (χ4v) is 2.32. The molecule has 0 radical (unpaired) electrons. The summed E-state index contributed by atoms with van der Waals surface area (Å²) in [6, 6.07) is 0. The molecule has 1 aromatic heterocycles. The second kappa shape index (κ2) is 4.35. The molecule has 0 aromatic carbocycles. The van der Waals surface area contributed by atoms with E-state index in [9.17, 15) is 0 Å². The highest BCUT2D eigenvalue weighted by Gasteiger charge is 2.18. The van der Waals surface area contributed by atoms with Crippen LogP contribution in [0.1, 0.15) is 38.0 Å². The summed E-state index contributed by atoms with van der Waals surface area (Å²) in [5, 5.41) is 3.38. The van der Waals surface area contributed by atoms with E-state index in [1.54, 1.807) is 0 Å². The molecule has 1 aliphatic heterocycles. The van der Waals surface area contributed by atoms with Crippen LogP contribution in [0.25, 0.3) is 0 Å². The largest absolute Gasteiger partial charge is 0.332 e. The summed E-state index contributed by atoms with van der Waals surface area (Å²) in [7, 11) is 0. The quantitative estimate of drug-likeness (QED) is 0.818. The number of fused-ring (bicyclic) bond motifs is 1. The topological polar surface area (TPSA) is 29.9 Å². The van der Waals surface area contributed by atoms with Gasteiger partial charge in [0.25, 0.3) is 0 Å². The van der Waals surface area contributed by atoms with Crippen molar-refractivity contribution in [3.05, 3.63) is 17.2 Å². The molecule has 0 bridgehead atoms. The summed E-state index contributed by atoms with van der Waals surface area (Å²) in [6.07, 6.45) is 2.23. The van der Waals surface area contributed by atoms with Gasteiger partial charge in [0.1, 0.15) is 5.82 Å². The van der Waals surface area contributed by atoms with E-state index in [1.807, 2.05) is 0 Å². The summed E-state index contributed by atoms with van der Waals surface area (Å²) in [5.74, 6) is 1.97. The minimum atomic E-state index is 0.687. The highest BCUT2D eigenvalue weighted by atomic mass is 15.1. The van der Waals surface area contributed by atoms with Crippen LogP contribution < -0.4 is 5.32 Å². The predicted octanol–water partition coefficient (Wildman–Crippen LogP) is 1.75. The zero-order valence-corrected chi connectivity index (χ0v) is 10.0. The van der Waals surface area contributed by atoms with Crippen molar-refractivity contribution in [3.63, 3.8) is 0 Å². The van der Waals surface area contributed by atoms with Gasteiger partial charge in [-0.05, 0) is 12.8 Å². The van der Waals surface area contributed by atoms with Gasteiger partial charge in [-0.2, -0.15) is 0 Å².